The molecule has 2 aromatic carbocycles. The number of anilines is 2. The minimum Gasteiger partial charge on any atom is -0.398 e. The molecule has 92 valence electrons. The maximum atomic E-state index is 13.1. The highest BCUT2D eigenvalue weighted by molar-refractivity contribution is 6.07. The number of nitrogen functional groups attached to an aromatic ring is 1. The molecule has 0 saturated carbocycles. The molecule has 2 aromatic rings. The summed E-state index contributed by atoms with van der Waals surface area (Å²) in [4.78, 5) is 11.9. The second-order valence-corrected chi connectivity index (χ2v) is 4.05. The highest BCUT2D eigenvalue weighted by Gasteiger charge is 2.10. The molecule has 0 aliphatic heterocycles. The molecular weight excluding hydrogens is 231 g/mol. The van der Waals surface area contributed by atoms with Gasteiger partial charge in [0, 0.05) is 11.4 Å². The summed E-state index contributed by atoms with van der Waals surface area (Å²) in [5, 5.41) is 2.67. The fourth-order valence-corrected chi connectivity index (χ4v) is 1.56. The Hall–Kier alpha value is -2.36. The van der Waals surface area contributed by atoms with E-state index in [-0.39, 0.29) is 11.3 Å². The minimum atomic E-state index is -0.488. The normalized spacial score (nSPS) is 10.1. The zero-order valence-corrected chi connectivity index (χ0v) is 9.91. The third kappa shape index (κ3) is 2.66. The molecule has 0 aromatic heterocycles. The number of amides is 1. The molecular formula is C14H13FN2O. The molecule has 4 heteroatoms. The molecule has 3 nitrogen and oxygen atoms in total. The lowest BCUT2D eigenvalue weighted by atomic mass is 10.1. The van der Waals surface area contributed by atoms with Crippen molar-refractivity contribution in [2.45, 2.75) is 6.92 Å². The van der Waals surface area contributed by atoms with Crippen molar-refractivity contribution in [1.82, 2.24) is 0 Å². The molecule has 0 radical (unpaired) electrons. The maximum Gasteiger partial charge on any atom is 0.257 e. The molecule has 0 aliphatic rings. The first-order chi connectivity index (χ1) is 8.56. The van der Waals surface area contributed by atoms with Crippen molar-refractivity contribution in [3.8, 4) is 0 Å². The van der Waals surface area contributed by atoms with Gasteiger partial charge < -0.3 is 11.1 Å². The second kappa shape index (κ2) is 4.87. The van der Waals surface area contributed by atoms with Gasteiger partial charge >= 0.3 is 0 Å². The average Bonchev–Trinajstić information content (AvgIpc) is 2.35. The second-order valence-electron chi connectivity index (χ2n) is 4.05. The van der Waals surface area contributed by atoms with Crippen molar-refractivity contribution < 1.29 is 9.18 Å². The SMILES string of the molecule is Cc1ccc(NC(=O)c2cc(F)ccc2N)cc1. The van der Waals surface area contributed by atoms with Crippen molar-refractivity contribution >= 4 is 17.3 Å². The summed E-state index contributed by atoms with van der Waals surface area (Å²) in [5.74, 6) is -0.908. The molecule has 2 rings (SSSR count). The van der Waals surface area contributed by atoms with Crippen LogP contribution in [-0.2, 0) is 0 Å². The van der Waals surface area contributed by atoms with Gasteiger partial charge in [-0.05, 0) is 37.3 Å². The third-order valence-corrected chi connectivity index (χ3v) is 2.57. The van der Waals surface area contributed by atoms with Gasteiger partial charge in [0.05, 0.1) is 5.56 Å². The molecule has 0 bridgehead atoms. The van der Waals surface area contributed by atoms with Crippen LogP contribution < -0.4 is 11.1 Å². The average molecular weight is 244 g/mol. The Morgan fingerprint density at radius 3 is 2.50 bits per heavy atom. The van der Waals surface area contributed by atoms with Crippen LogP contribution in [-0.4, -0.2) is 5.91 Å². The first kappa shape index (κ1) is 12.1. The Labute approximate surface area is 104 Å². The van der Waals surface area contributed by atoms with Crippen LogP contribution in [0.25, 0.3) is 0 Å². The minimum absolute atomic E-state index is 0.135. The standard InChI is InChI=1S/C14H13FN2O/c1-9-2-5-11(6-3-9)17-14(18)12-8-10(15)4-7-13(12)16/h2-8H,16H2,1H3,(H,17,18). The van der Waals surface area contributed by atoms with Gasteiger partial charge in [0.2, 0.25) is 0 Å². The highest BCUT2D eigenvalue weighted by atomic mass is 19.1. The lowest BCUT2D eigenvalue weighted by Gasteiger charge is -2.07. The van der Waals surface area contributed by atoms with Crippen LogP contribution >= 0.6 is 0 Å². The summed E-state index contributed by atoms with van der Waals surface area (Å²) in [6.45, 7) is 1.95. The number of benzene rings is 2. The predicted molar refractivity (Wildman–Crippen MR) is 69.9 cm³/mol. The van der Waals surface area contributed by atoms with Crippen molar-refractivity contribution in [2.24, 2.45) is 0 Å². The van der Waals surface area contributed by atoms with Gasteiger partial charge in [-0.1, -0.05) is 17.7 Å². The highest BCUT2D eigenvalue weighted by Crippen LogP contribution is 2.16. The van der Waals surface area contributed by atoms with E-state index in [0.717, 1.165) is 11.6 Å². The number of nitrogens with two attached hydrogens (primary N) is 1. The summed E-state index contributed by atoms with van der Waals surface area (Å²) in [7, 11) is 0. The number of hydrogen-bond acceptors (Lipinski definition) is 2. The van der Waals surface area contributed by atoms with Crippen LogP contribution in [0.1, 0.15) is 15.9 Å². The van der Waals surface area contributed by atoms with Gasteiger partial charge in [-0.3, -0.25) is 4.79 Å². The number of hydrogen-bond donors (Lipinski definition) is 2. The summed E-state index contributed by atoms with van der Waals surface area (Å²) < 4.78 is 13.1. The number of rotatable bonds is 2. The Morgan fingerprint density at radius 1 is 1.17 bits per heavy atom. The Balaban J connectivity index is 2.21. The smallest absolute Gasteiger partial charge is 0.257 e. The van der Waals surface area contributed by atoms with Gasteiger partial charge in [-0.15, -0.1) is 0 Å². The summed E-state index contributed by atoms with van der Waals surface area (Å²) in [6, 6.07) is 11.0. The molecule has 1 amide bonds. The van der Waals surface area contributed by atoms with Crippen LogP contribution in [0.5, 0.6) is 0 Å². The lowest BCUT2D eigenvalue weighted by Crippen LogP contribution is -2.14. The first-order valence-electron chi connectivity index (χ1n) is 5.49. The molecule has 0 fully saturated rings. The topological polar surface area (TPSA) is 55.1 Å². The number of carbonyl (C=O) groups is 1. The molecule has 0 atom stereocenters. The molecule has 0 unspecified atom stereocenters. The Kier molecular flexibility index (Phi) is 3.28. The van der Waals surface area contributed by atoms with Crippen LogP contribution in [0.4, 0.5) is 15.8 Å². The molecule has 0 heterocycles. The van der Waals surface area contributed by atoms with Gasteiger partial charge in [0.1, 0.15) is 5.82 Å². The monoisotopic (exact) mass is 244 g/mol. The fraction of sp³-hybridized carbons (Fsp3) is 0.0714. The largest absolute Gasteiger partial charge is 0.398 e. The van der Waals surface area contributed by atoms with Crippen LogP contribution in [0.2, 0.25) is 0 Å². The van der Waals surface area contributed by atoms with E-state index in [1.807, 2.05) is 19.1 Å². The molecule has 0 spiro atoms. The van der Waals surface area contributed by atoms with Crippen molar-refractivity contribution in [1.29, 1.82) is 0 Å². The van der Waals surface area contributed by atoms with Crippen molar-refractivity contribution in [2.75, 3.05) is 11.1 Å². The van der Waals surface area contributed by atoms with Crippen LogP contribution in [0, 0.1) is 12.7 Å². The number of halogens is 1. The zero-order chi connectivity index (χ0) is 13.1. The summed E-state index contributed by atoms with van der Waals surface area (Å²) >= 11 is 0. The van der Waals surface area contributed by atoms with E-state index in [9.17, 15) is 9.18 Å². The fourth-order valence-electron chi connectivity index (χ4n) is 1.56. The van der Waals surface area contributed by atoms with Crippen molar-refractivity contribution in [3.05, 3.63) is 59.4 Å². The maximum absolute atomic E-state index is 13.1. The quantitative estimate of drug-likeness (QED) is 0.798. The Morgan fingerprint density at radius 2 is 1.83 bits per heavy atom. The van der Waals surface area contributed by atoms with E-state index in [2.05, 4.69) is 5.32 Å². The lowest BCUT2D eigenvalue weighted by molar-refractivity contribution is 0.102. The van der Waals surface area contributed by atoms with Crippen molar-refractivity contribution in [3.63, 3.8) is 0 Å². The predicted octanol–water partition coefficient (Wildman–Crippen LogP) is 2.97. The van der Waals surface area contributed by atoms with Gasteiger partial charge in [-0.2, -0.15) is 0 Å². The number of aryl methyl sites for hydroxylation is 1. The van der Waals surface area contributed by atoms with E-state index in [0.29, 0.717) is 5.69 Å². The summed E-state index contributed by atoms with van der Waals surface area (Å²) in [6.07, 6.45) is 0. The molecule has 0 saturated heterocycles. The number of nitrogens with one attached hydrogen (secondary N) is 1. The molecule has 0 aliphatic carbocycles. The summed E-state index contributed by atoms with van der Waals surface area (Å²) in [5.41, 5.74) is 7.77. The van der Waals surface area contributed by atoms with E-state index >= 15 is 0 Å². The third-order valence-electron chi connectivity index (χ3n) is 2.57. The van der Waals surface area contributed by atoms with Crippen LogP contribution in [0.3, 0.4) is 0 Å². The number of carbonyl (C=O) groups excluding carboxylic acids is 1. The van der Waals surface area contributed by atoms with E-state index in [1.54, 1.807) is 12.1 Å². The van der Waals surface area contributed by atoms with E-state index in [4.69, 9.17) is 5.73 Å². The zero-order valence-electron chi connectivity index (χ0n) is 9.91. The Bertz CT molecular complexity index is 579. The van der Waals surface area contributed by atoms with Crippen LogP contribution in [0.15, 0.2) is 42.5 Å². The van der Waals surface area contributed by atoms with Gasteiger partial charge in [0.15, 0.2) is 0 Å². The van der Waals surface area contributed by atoms with Gasteiger partial charge in [-0.25, -0.2) is 4.39 Å². The first-order valence-corrected chi connectivity index (χ1v) is 5.49. The van der Waals surface area contributed by atoms with Gasteiger partial charge in [0.25, 0.3) is 5.91 Å². The molecule has 3 N–H and O–H groups in total. The van der Waals surface area contributed by atoms with E-state index < -0.39 is 11.7 Å². The van der Waals surface area contributed by atoms with E-state index in [1.165, 1.54) is 12.1 Å². The molecule has 18 heavy (non-hydrogen) atoms.